The van der Waals surface area contributed by atoms with Crippen LogP contribution < -0.4 is 5.73 Å². The SMILES string of the molecule is CCOCC1=Cc2cc(CN)ccc2S1(=O)=O. The van der Waals surface area contributed by atoms with E-state index in [1.54, 1.807) is 18.2 Å². The molecule has 0 unspecified atom stereocenters. The summed E-state index contributed by atoms with van der Waals surface area (Å²) in [6.07, 6.45) is 1.67. The van der Waals surface area contributed by atoms with E-state index in [0.717, 1.165) is 5.56 Å². The van der Waals surface area contributed by atoms with Gasteiger partial charge in [0.15, 0.2) is 0 Å². The number of hydrogen-bond donors (Lipinski definition) is 1. The van der Waals surface area contributed by atoms with E-state index in [-0.39, 0.29) is 6.61 Å². The summed E-state index contributed by atoms with van der Waals surface area (Å²) in [4.78, 5) is 0.674. The predicted molar refractivity (Wildman–Crippen MR) is 66.0 cm³/mol. The second-order valence-electron chi connectivity index (χ2n) is 3.83. The molecule has 0 saturated carbocycles. The lowest BCUT2D eigenvalue weighted by Gasteiger charge is -2.04. The van der Waals surface area contributed by atoms with Crippen LogP contribution in [0.3, 0.4) is 0 Å². The van der Waals surface area contributed by atoms with Gasteiger partial charge in [-0.05, 0) is 36.3 Å². The van der Waals surface area contributed by atoms with Gasteiger partial charge in [-0.15, -0.1) is 0 Å². The van der Waals surface area contributed by atoms with Gasteiger partial charge >= 0.3 is 0 Å². The highest BCUT2D eigenvalue weighted by Gasteiger charge is 2.29. The quantitative estimate of drug-likeness (QED) is 0.878. The Bertz CT molecular complexity index is 561. The Kier molecular flexibility index (Phi) is 3.33. The maximum atomic E-state index is 12.1. The third-order valence-corrected chi connectivity index (χ3v) is 4.59. The van der Waals surface area contributed by atoms with Crippen molar-refractivity contribution in [3.05, 3.63) is 34.2 Å². The Morgan fingerprint density at radius 3 is 2.76 bits per heavy atom. The number of nitrogens with two attached hydrogens (primary N) is 1. The van der Waals surface area contributed by atoms with Crippen molar-refractivity contribution in [2.75, 3.05) is 13.2 Å². The van der Waals surface area contributed by atoms with Gasteiger partial charge < -0.3 is 10.5 Å². The van der Waals surface area contributed by atoms with Gasteiger partial charge in [-0.25, -0.2) is 8.42 Å². The smallest absolute Gasteiger partial charge is 0.205 e. The molecule has 2 rings (SSSR count). The van der Waals surface area contributed by atoms with E-state index in [1.807, 2.05) is 13.0 Å². The Morgan fingerprint density at radius 2 is 2.12 bits per heavy atom. The van der Waals surface area contributed by atoms with Crippen molar-refractivity contribution in [2.45, 2.75) is 18.4 Å². The van der Waals surface area contributed by atoms with Crippen LogP contribution in [0, 0.1) is 0 Å². The first-order valence-electron chi connectivity index (χ1n) is 5.46. The molecule has 1 aromatic rings. The normalized spacial score (nSPS) is 16.7. The van der Waals surface area contributed by atoms with Gasteiger partial charge in [0.2, 0.25) is 9.84 Å². The summed E-state index contributed by atoms with van der Waals surface area (Å²) < 4.78 is 29.4. The summed E-state index contributed by atoms with van der Waals surface area (Å²) in [6.45, 7) is 2.87. The van der Waals surface area contributed by atoms with Crippen LogP contribution in [-0.4, -0.2) is 21.6 Å². The monoisotopic (exact) mass is 253 g/mol. The zero-order valence-electron chi connectivity index (χ0n) is 9.64. The van der Waals surface area contributed by atoms with Crippen molar-refractivity contribution >= 4 is 15.9 Å². The van der Waals surface area contributed by atoms with E-state index in [9.17, 15) is 8.42 Å². The zero-order chi connectivity index (χ0) is 12.5. The molecule has 0 atom stereocenters. The van der Waals surface area contributed by atoms with Crippen molar-refractivity contribution in [1.29, 1.82) is 0 Å². The summed E-state index contributed by atoms with van der Waals surface area (Å²) in [7, 11) is -3.35. The highest BCUT2D eigenvalue weighted by Crippen LogP contribution is 2.33. The molecule has 0 aliphatic carbocycles. The minimum Gasteiger partial charge on any atom is -0.376 e. The molecule has 5 heteroatoms. The minimum atomic E-state index is -3.35. The highest BCUT2D eigenvalue weighted by atomic mass is 32.2. The number of fused-ring (bicyclic) bond motifs is 1. The van der Waals surface area contributed by atoms with E-state index < -0.39 is 9.84 Å². The van der Waals surface area contributed by atoms with Crippen LogP contribution in [-0.2, 0) is 21.1 Å². The number of sulfone groups is 1. The third kappa shape index (κ3) is 2.13. The lowest BCUT2D eigenvalue weighted by atomic mass is 10.1. The molecule has 4 nitrogen and oxygen atoms in total. The van der Waals surface area contributed by atoms with Crippen molar-refractivity contribution in [2.24, 2.45) is 5.73 Å². The summed E-state index contributed by atoms with van der Waals surface area (Å²) in [5.41, 5.74) is 7.17. The molecular weight excluding hydrogens is 238 g/mol. The third-order valence-electron chi connectivity index (χ3n) is 2.71. The molecule has 0 spiro atoms. The highest BCUT2D eigenvalue weighted by molar-refractivity contribution is 7.95. The zero-order valence-corrected chi connectivity index (χ0v) is 10.5. The lowest BCUT2D eigenvalue weighted by molar-refractivity contribution is 0.175. The van der Waals surface area contributed by atoms with Gasteiger partial charge in [0.25, 0.3) is 0 Å². The topological polar surface area (TPSA) is 69.4 Å². The van der Waals surface area contributed by atoms with E-state index in [0.29, 0.717) is 28.5 Å². The molecule has 2 N–H and O–H groups in total. The fourth-order valence-corrected chi connectivity index (χ4v) is 3.27. The van der Waals surface area contributed by atoms with Crippen LogP contribution in [0.25, 0.3) is 6.08 Å². The summed E-state index contributed by atoms with van der Waals surface area (Å²) in [5.74, 6) is 0. The van der Waals surface area contributed by atoms with Crippen LogP contribution in [0.15, 0.2) is 28.0 Å². The Labute approximate surface area is 101 Å². The molecule has 1 heterocycles. The van der Waals surface area contributed by atoms with Crippen molar-refractivity contribution in [1.82, 2.24) is 0 Å². The van der Waals surface area contributed by atoms with E-state index in [1.165, 1.54) is 0 Å². The average Bonchev–Trinajstić information content (AvgIpc) is 2.57. The largest absolute Gasteiger partial charge is 0.376 e. The molecule has 1 aliphatic rings. The van der Waals surface area contributed by atoms with Gasteiger partial charge in [-0.3, -0.25) is 0 Å². The maximum absolute atomic E-state index is 12.1. The standard InChI is InChI=1S/C12H15NO3S/c1-2-16-8-11-6-10-5-9(7-13)3-4-12(10)17(11,14)15/h3-6H,2,7-8,13H2,1H3. The van der Waals surface area contributed by atoms with Crippen molar-refractivity contribution in [3.8, 4) is 0 Å². The van der Waals surface area contributed by atoms with Gasteiger partial charge in [0.1, 0.15) is 0 Å². The molecule has 0 amide bonds. The molecule has 1 aliphatic heterocycles. The Morgan fingerprint density at radius 1 is 1.35 bits per heavy atom. The Hall–Kier alpha value is -1.17. The van der Waals surface area contributed by atoms with Crippen LogP contribution in [0.2, 0.25) is 0 Å². The average molecular weight is 253 g/mol. The number of benzene rings is 1. The van der Waals surface area contributed by atoms with Gasteiger partial charge in [0, 0.05) is 13.2 Å². The fourth-order valence-electron chi connectivity index (χ4n) is 1.80. The van der Waals surface area contributed by atoms with E-state index in [4.69, 9.17) is 10.5 Å². The summed E-state index contributed by atoms with van der Waals surface area (Å²) in [5, 5.41) is 0. The summed E-state index contributed by atoms with van der Waals surface area (Å²) in [6, 6.07) is 5.17. The second-order valence-corrected chi connectivity index (χ2v) is 5.80. The van der Waals surface area contributed by atoms with E-state index >= 15 is 0 Å². The molecule has 0 saturated heterocycles. The summed E-state index contributed by atoms with van der Waals surface area (Å²) >= 11 is 0. The minimum absolute atomic E-state index is 0.130. The molecule has 0 radical (unpaired) electrons. The molecular formula is C12H15NO3S. The first kappa shape index (κ1) is 12.3. The Balaban J connectivity index is 2.42. The number of ether oxygens (including phenoxy) is 1. The molecule has 0 fully saturated rings. The molecule has 92 valence electrons. The van der Waals surface area contributed by atoms with Gasteiger partial charge in [-0.1, -0.05) is 6.07 Å². The van der Waals surface area contributed by atoms with Gasteiger partial charge in [-0.2, -0.15) is 0 Å². The molecule has 17 heavy (non-hydrogen) atoms. The number of rotatable bonds is 4. The lowest BCUT2D eigenvalue weighted by Crippen LogP contribution is -2.07. The second kappa shape index (κ2) is 4.60. The van der Waals surface area contributed by atoms with Crippen molar-refractivity contribution < 1.29 is 13.2 Å². The van der Waals surface area contributed by atoms with Crippen LogP contribution in [0.1, 0.15) is 18.1 Å². The van der Waals surface area contributed by atoms with Crippen LogP contribution in [0.4, 0.5) is 0 Å². The molecule has 0 aromatic heterocycles. The molecule has 0 bridgehead atoms. The van der Waals surface area contributed by atoms with Crippen LogP contribution in [0.5, 0.6) is 0 Å². The molecule has 1 aromatic carbocycles. The first-order valence-corrected chi connectivity index (χ1v) is 6.94. The van der Waals surface area contributed by atoms with E-state index in [2.05, 4.69) is 0 Å². The number of hydrogen-bond acceptors (Lipinski definition) is 4. The van der Waals surface area contributed by atoms with Crippen LogP contribution >= 0.6 is 0 Å². The fraction of sp³-hybridized carbons (Fsp3) is 0.333. The van der Waals surface area contributed by atoms with Gasteiger partial charge in [0.05, 0.1) is 16.4 Å². The van der Waals surface area contributed by atoms with Crippen molar-refractivity contribution in [3.63, 3.8) is 0 Å². The first-order chi connectivity index (χ1) is 8.09. The maximum Gasteiger partial charge on any atom is 0.205 e. The predicted octanol–water partition coefficient (Wildman–Crippen LogP) is 1.31.